The molecule has 1 aliphatic rings. The molecule has 1 saturated heterocycles. The topological polar surface area (TPSA) is 33.4 Å². The Morgan fingerprint density at radius 1 is 1.33 bits per heavy atom. The van der Waals surface area contributed by atoms with Crippen molar-refractivity contribution < 1.29 is 0 Å². The summed E-state index contributed by atoms with van der Waals surface area (Å²) in [6.07, 6.45) is 10.6. The minimum atomic E-state index is 0.603. The normalized spacial score (nSPS) is 20.5. The van der Waals surface area contributed by atoms with Gasteiger partial charge in [-0.3, -0.25) is 0 Å². The van der Waals surface area contributed by atoms with Crippen LogP contribution in [0.2, 0.25) is 0 Å². The van der Waals surface area contributed by atoms with Crippen LogP contribution in [0.5, 0.6) is 0 Å². The molecule has 18 heavy (non-hydrogen) atoms. The number of halogens is 1. The zero-order valence-electron chi connectivity index (χ0n) is 10.3. The molecule has 2 aromatic heterocycles. The van der Waals surface area contributed by atoms with Crippen LogP contribution >= 0.6 is 15.9 Å². The number of hydrogen-bond acceptors (Lipinski definition) is 3. The fourth-order valence-corrected chi connectivity index (χ4v) is 3.30. The number of alkyl halides is 1. The molecule has 3 heterocycles. The Morgan fingerprint density at radius 2 is 2.28 bits per heavy atom. The van der Waals surface area contributed by atoms with Crippen molar-refractivity contribution in [3.8, 4) is 0 Å². The molecular formula is C13H17BrN4. The number of aromatic nitrogens is 3. The zero-order chi connectivity index (χ0) is 12.4. The molecule has 4 nitrogen and oxygen atoms in total. The second-order valence-electron chi connectivity index (χ2n) is 4.73. The van der Waals surface area contributed by atoms with Crippen molar-refractivity contribution in [3.05, 3.63) is 24.7 Å². The molecule has 0 saturated carbocycles. The molecule has 0 aliphatic carbocycles. The van der Waals surface area contributed by atoms with E-state index in [0.717, 1.165) is 23.2 Å². The smallest absolute Gasteiger partial charge is 0.154 e. The Hall–Kier alpha value is -1.10. The fourth-order valence-electron chi connectivity index (χ4n) is 2.77. The average molecular weight is 309 g/mol. The van der Waals surface area contributed by atoms with Crippen molar-refractivity contribution in [3.63, 3.8) is 0 Å². The number of anilines is 1. The monoisotopic (exact) mass is 308 g/mol. The summed E-state index contributed by atoms with van der Waals surface area (Å²) in [5.74, 6) is 1.08. The summed E-state index contributed by atoms with van der Waals surface area (Å²) in [7, 11) is 0. The third-order valence-electron chi connectivity index (χ3n) is 3.65. The minimum Gasteiger partial charge on any atom is -0.352 e. The third-order valence-corrected chi connectivity index (χ3v) is 4.10. The zero-order valence-corrected chi connectivity index (χ0v) is 11.9. The van der Waals surface area contributed by atoms with Gasteiger partial charge in [-0.1, -0.05) is 15.9 Å². The summed E-state index contributed by atoms with van der Waals surface area (Å²) >= 11 is 3.56. The molecule has 1 fully saturated rings. The maximum atomic E-state index is 4.59. The van der Waals surface area contributed by atoms with E-state index in [2.05, 4.69) is 30.9 Å². The molecule has 0 bridgehead atoms. The highest BCUT2D eigenvalue weighted by Gasteiger charge is 2.24. The Labute approximate surface area is 115 Å². The number of hydrogen-bond donors (Lipinski definition) is 0. The molecule has 1 atom stereocenters. The number of fused-ring (bicyclic) bond motifs is 1. The third kappa shape index (κ3) is 2.11. The van der Waals surface area contributed by atoms with Gasteiger partial charge in [-0.15, -0.1) is 0 Å². The molecule has 1 aliphatic heterocycles. The van der Waals surface area contributed by atoms with Gasteiger partial charge in [0, 0.05) is 30.3 Å². The molecule has 1 unspecified atom stereocenters. The highest BCUT2D eigenvalue weighted by molar-refractivity contribution is 9.09. The fraction of sp³-hybridized carbons (Fsp3) is 0.538. The summed E-state index contributed by atoms with van der Waals surface area (Å²) in [5.41, 5.74) is 1.11. The predicted octanol–water partition coefficient (Wildman–Crippen LogP) is 2.87. The lowest BCUT2D eigenvalue weighted by Gasteiger charge is -2.36. The van der Waals surface area contributed by atoms with Crippen LogP contribution in [0.1, 0.15) is 25.7 Å². The van der Waals surface area contributed by atoms with E-state index in [-0.39, 0.29) is 0 Å². The van der Waals surface area contributed by atoms with Gasteiger partial charge in [0.15, 0.2) is 5.82 Å². The van der Waals surface area contributed by atoms with Gasteiger partial charge in [0.1, 0.15) is 5.52 Å². The van der Waals surface area contributed by atoms with E-state index in [1.807, 2.05) is 29.2 Å². The molecular weight excluding hydrogens is 292 g/mol. The number of rotatable bonds is 3. The summed E-state index contributed by atoms with van der Waals surface area (Å²) in [4.78, 5) is 7.05. The number of nitrogens with zero attached hydrogens (tertiary/aromatic N) is 4. The summed E-state index contributed by atoms with van der Waals surface area (Å²) in [6, 6.07) is 2.65. The Balaban J connectivity index is 1.98. The molecule has 0 radical (unpaired) electrons. The molecule has 2 aromatic rings. The van der Waals surface area contributed by atoms with Crippen molar-refractivity contribution in [1.82, 2.24) is 14.6 Å². The van der Waals surface area contributed by atoms with Gasteiger partial charge < -0.3 is 4.90 Å². The van der Waals surface area contributed by atoms with Crippen LogP contribution < -0.4 is 4.90 Å². The van der Waals surface area contributed by atoms with Gasteiger partial charge in [0.05, 0.1) is 6.20 Å². The second-order valence-corrected chi connectivity index (χ2v) is 5.53. The lowest BCUT2D eigenvalue weighted by Crippen LogP contribution is -2.40. The molecule has 3 rings (SSSR count). The standard InChI is InChI=1S/C13H17BrN4/c14-6-4-11-3-1-2-9-17(11)13-12-5-7-16-18(12)10-8-15-13/h5,7-8,10-11H,1-4,6,9H2. The SMILES string of the molecule is BrCCC1CCCCN1c1nccn2nccc12. The average Bonchev–Trinajstić information content (AvgIpc) is 2.88. The van der Waals surface area contributed by atoms with Gasteiger partial charge in [0.25, 0.3) is 0 Å². The van der Waals surface area contributed by atoms with Crippen LogP contribution in [-0.4, -0.2) is 32.5 Å². The van der Waals surface area contributed by atoms with Gasteiger partial charge in [-0.2, -0.15) is 5.10 Å². The van der Waals surface area contributed by atoms with Gasteiger partial charge >= 0.3 is 0 Å². The van der Waals surface area contributed by atoms with Crippen LogP contribution in [0.25, 0.3) is 5.52 Å². The summed E-state index contributed by atoms with van der Waals surface area (Å²) in [6.45, 7) is 1.11. The molecule has 0 spiro atoms. The summed E-state index contributed by atoms with van der Waals surface area (Å²) in [5, 5.41) is 5.34. The van der Waals surface area contributed by atoms with Crippen molar-refractivity contribution >= 4 is 27.3 Å². The van der Waals surface area contributed by atoms with Crippen molar-refractivity contribution in [2.24, 2.45) is 0 Å². The van der Waals surface area contributed by atoms with Crippen molar-refractivity contribution in [2.75, 3.05) is 16.8 Å². The van der Waals surface area contributed by atoms with E-state index in [1.165, 1.54) is 25.7 Å². The number of piperidine rings is 1. The maximum absolute atomic E-state index is 4.59. The molecule has 0 aromatic carbocycles. The van der Waals surface area contributed by atoms with Gasteiger partial charge in [0.2, 0.25) is 0 Å². The Bertz CT molecular complexity index is 522. The van der Waals surface area contributed by atoms with Gasteiger partial charge in [-0.25, -0.2) is 9.50 Å². The quantitative estimate of drug-likeness (QED) is 0.818. The van der Waals surface area contributed by atoms with E-state index in [9.17, 15) is 0 Å². The first-order valence-electron chi connectivity index (χ1n) is 6.51. The Kier molecular flexibility index (Phi) is 3.50. The first-order chi connectivity index (χ1) is 8.90. The van der Waals surface area contributed by atoms with Crippen LogP contribution in [0.4, 0.5) is 5.82 Å². The van der Waals surface area contributed by atoms with Crippen LogP contribution in [-0.2, 0) is 0 Å². The minimum absolute atomic E-state index is 0.603. The van der Waals surface area contributed by atoms with Crippen LogP contribution in [0, 0.1) is 0 Å². The van der Waals surface area contributed by atoms with E-state index < -0.39 is 0 Å². The highest BCUT2D eigenvalue weighted by Crippen LogP contribution is 2.28. The van der Waals surface area contributed by atoms with E-state index in [0.29, 0.717) is 6.04 Å². The first kappa shape index (κ1) is 12.0. The van der Waals surface area contributed by atoms with Crippen LogP contribution in [0.15, 0.2) is 24.7 Å². The lowest BCUT2D eigenvalue weighted by atomic mass is 10.00. The molecule has 96 valence electrons. The lowest BCUT2D eigenvalue weighted by molar-refractivity contribution is 0.450. The second kappa shape index (κ2) is 5.26. The predicted molar refractivity (Wildman–Crippen MR) is 76.4 cm³/mol. The van der Waals surface area contributed by atoms with Crippen LogP contribution in [0.3, 0.4) is 0 Å². The summed E-state index contributed by atoms with van der Waals surface area (Å²) < 4.78 is 1.90. The largest absolute Gasteiger partial charge is 0.352 e. The highest BCUT2D eigenvalue weighted by atomic mass is 79.9. The van der Waals surface area contributed by atoms with Gasteiger partial charge in [-0.05, 0) is 31.7 Å². The van der Waals surface area contributed by atoms with Crippen molar-refractivity contribution in [2.45, 2.75) is 31.7 Å². The van der Waals surface area contributed by atoms with E-state index in [4.69, 9.17) is 0 Å². The van der Waals surface area contributed by atoms with Crippen molar-refractivity contribution in [1.29, 1.82) is 0 Å². The van der Waals surface area contributed by atoms with E-state index in [1.54, 1.807) is 0 Å². The first-order valence-corrected chi connectivity index (χ1v) is 7.63. The molecule has 0 N–H and O–H groups in total. The molecule has 5 heteroatoms. The van der Waals surface area contributed by atoms with E-state index >= 15 is 0 Å². The Morgan fingerprint density at radius 3 is 3.17 bits per heavy atom. The molecule has 0 amide bonds. The maximum Gasteiger partial charge on any atom is 0.154 e.